The molecule has 1 aliphatic carbocycles. The Kier molecular flexibility index (Phi) is 5.94. The quantitative estimate of drug-likeness (QED) is 0.867. The van der Waals surface area contributed by atoms with E-state index in [4.69, 9.17) is 14.2 Å². The summed E-state index contributed by atoms with van der Waals surface area (Å²) < 4.78 is 15.6. The second-order valence-corrected chi connectivity index (χ2v) is 4.77. The minimum Gasteiger partial charge on any atom is -0.493 e. The molecule has 3 rings (SSSR count). The summed E-state index contributed by atoms with van der Waals surface area (Å²) in [5.74, 6) is 1.31. The summed E-state index contributed by atoms with van der Waals surface area (Å²) in [4.78, 5) is 10.8. The molecular weight excluding hydrogens is 270 g/mol. The summed E-state index contributed by atoms with van der Waals surface area (Å²) in [6, 6.07) is 7.34. The zero-order valence-corrected chi connectivity index (χ0v) is 12.2. The van der Waals surface area contributed by atoms with E-state index in [2.05, 4.69) is 17.5 Å². The zero-order valence-electron chi connectivity index (χ0n) is 12.2. The molecule has 1 aliphatic heterocycles. The lowest BCUT2D eigenvalue weighted by Gasteiger charge is -2.12. The molecule has 0 aromatic heterocycles. The van der Waals surface area contributed by atoms with Crippen molar-refractivity contribution >= 4 is 6.09 Å². The number of benzene rings is 1. The molecule has 1 unspecified atom stereocenters. The number of amides is 1. The van der Waals surface area contributed by atoms with Gasteiger partial charge >= 0.3 is 6.09 Å². The van der Waals surface area contributed by atoms with Gasteiger partial charge in [-0.25, -0.2) is 4.79 Å². The number of hydrogen-bond donors (Lipinski definition) is 1. The van der Waals surface area contributed by atoms with Crippen LogP contribution < -0.4 is 14.8 Å². The van der Waals surface area contributed by atoms with Gasteiger partial charge in [-0.15, -0.1) is 0 Å². The number of methoxy groups -OCH3 is 1. The first-order chi connectivity index (χ1) is 10.3. The lowest BCUT2D eigenvalue weighted by molar-refractivity contribution is 0.103. The average Bonchev–Trinajstić information content (AvgIpc) is 3.20. The Bertz CT molecular complexity index is 481. The van der Waals surface area contributed by atoms with Crippen LogP contribution in [0, 0.1) is 0 Å². The third-order valence-electron chi connectivity index (χ3n) is 3.15. The van der Waals surface area contributed by atoms with Crippen molar-refractivity contribution in [3.63, 3.8) is 0 Å². The number of nitrogens with one attached hydrogen (secondary N) is 1. The molecule has 0 spiro atoms. The van der Waals surface area contributed by atoms with Gasteiger partial charge in [0, 0.05) is 0 Å². The third-order valence-corrected chi connectivity index (χ3v) is 3.15. The molecular formula is C16H21NO4. The summed E-state index contributed by atoms with van der Waals surface area (Å²) in [6.45, 7) is 0.799. The number of ether oxygens (including phenoxy) is 3. The van der Waals surface area contributed by atoms with Gasteiger partial charge in [-0.1, -0.05) is 24.3 Å². The van der Waals surface area contributed by atoms with E-state index < -0.39 is 6.09 Å². The first kappa shape index (κ1) is 15.2. The Hall–Kier alpha value is -2.17. The number of rotatable bonds is 4. The molecule has 5 heteroatoms. The Balaban J connectivity index is 0.000000272. The molecule has 0 radical (unpaired) electrons. The highest BCUT2D eigenvalue weighted by molar-refractivity contribution is 5.69. The van der Waals surface area contributed by atoms with E-state index in [-0.39, 0.29) is 6.10 Å². The van der Waals surface area contributed by atoms with Gasteiger partial charge in [-0.3, -0.25) is 0 Å². The van der Waals surface area contributed by atoms with Crippen LogP contribution in [0.4, 0.5) is 4.79 Å². The van der Waals surface area contributed by atoms with Gasteiger partial charge in [0.2, 0.25) is 0 Å². The Morgan fingerprint density at radius 3 is 2.48 bits per heavy atom. The van der Waals surface area contributed by atoms with E-state index in [0.717, 1.165) is 0 Å². The van der Waals surface area contributed by atoms with E-state index in [9.17, 15) is 4.79 Å². The predicted molar refractivity (Wildman–Crippen MR) is 79.8 cm³/mol. The van der Waals surface area contributed by atoms with Gasteiger partial charge in [0.25, 0.3) is 0 Å². The number of cyclic esters (lactones) is 1. The Morgan fingerprint density at radius 2 is 1.95 bits per heavy atom. The van der Waals surface area contributed by atoms with Crippen molar-refractivity contribution in [1.82, 2.24) is 5.32 Å². The zero-order chi connectivity index (χ0) is 14.9. The first-order valence-electron chi connectivity index (χ1n) is 7.15. The van der Waals surface area contributed by atoms with Gasteiger partial charge in [-0.05, 0) is 31.4 Å². The summed E-state index contributed by atoms with van der Waals surface area (Å²) in [5, 5.41) is 2.56. The number of allylic oxidation sites excluding steroid dienone is 2. The second-order valence-electron chi connectivity index (χ2n) is 4.77. The standard InChI is InChI=1S/C11H13NO4.C5H8/c1-14-9-4-2-3-5-10(9)15-7-8-6-12-11(13)16-8;1-2-4-5-3-1/h2-5,8H,6-7H2,1H3,(H,12,13);1-2H,3-5H2. The molecule has 114 valence electrons. The van der Waals surface area contributed by atoms with Crippen molar-refractivity contribution in [3.05, 3.63) is 36.4 Å². The van der Waals surface area contributed by atoms with Gasteiger partial charge in [0.15, 0.2) is 17.6 Å². The molecule has 21 heavy (non-hydrogen) atoms. The van der Waals surface area contributed by atoms with Crippen molar-refractivity contribution in [2.24, 2.45) is 0 Å². The maximum atomic E-state index is 10.8. The first-order valence-corrected chi connectivity index (χ1v) is 7.15. The second kappa shape index (κ2) is 8.19. The lowest BCUT2D eigenvalue weighted by Crippen LogP contribution is -2.22. The fraction of sp³-hybridized carbons (Fsp3) is 0.438. The highest BCUT2D eigenvalue weighted by Gasteiger charge is 2.23. The summed E-state index contributed by atoms with van der Waals surface area (Å²) in [6.07, 6.45) is 7.87. The van der Waals surface area contributed by atoms with Gasteiger partial charge in [0.05, 0.1) is 13.7 Å². The predicted octanol–water partition coefficient (Wildman–Crippen LogP) is 2.91. The van der Waals surface area contributed by atoms with Crippen molar-refractivity contribution in [1.29, 1.82) is 0 Å². The molecule has 1 heterocycles. The van der Waals surface area contributed by atoms with E-state index in [1.54, 1.807) is 7.11 Å². The van der Waals surface area contributed by atoms with Crippen LogP contribution in [0.3, 0.4) is 0 Å². The molecule has 0 bridgehead atoms. The number of hydrogen-bond acceptors (Lipinski definition) is 4. The largest absolute Gasteiger partial charge is 0.493 e. The van der Waals surface area contributed by atoms with Crippen LogP contribution in [0.5, 0.6) is 11.5 Å². The normalized spacial score (nSPS) is 19.3. The molecule has 1 atom stereocenters. The number of carbonyl (C=O) groups excluding carboxylic acids is 1. The third kappa shape index (κ3) is 5.02. The average molecular weight is 291 g/mol. The number of carbonyl (C=O) groups is 1. The van der Waals surface area contributed by atoms with Crippen LogP contribution in [0.25, 0.3) is 0 Å². The Labute approximate surface area is 124 Å². The van der Waals surface area contributed by atoms with Gasteiger partial charge in [0.1, 0.15) is 6.61 Å². The van der Waals surface area contributed by atoms with Crippen LogP contribution in [-0.2, 0) is 4.74 Å². The van der Waals surface area contributed by atoms with E-state index in [1.165, 1.54) is 19.3 Å². The van der Waals surface area contributed by atoms with Crippen LogP contribution >= 0.6 is 0 Å². The summed E-state index contributed by atoms with van der Waals surface area (Å²) in [5.41, 5.74) is 0. The maximum absolute atomic E-state index is 10.8. The molecule has 1 N–H and O–H groups in total. The topological polar surface area (TPSA) is 56.8 Å². The van der Waals surface area contributed by atoms with Gasteiger partial charge < -0.3 is 19.5 Å². The SMILES string of the molecule is C1=CCCC1.COc1ccccc1OCC1CNC(=O)O1. The van der Waals surface area contributed by atoms with Crippen LogP contribution in [0.15, 0.2) is 36.4 Å². The molecule has 1 aromatic carbocycles. The molecule has 1 saturated heterocycles. The van der Waals surface area contributed by atoms with Crippen LogP contribution in [-0.4, -0.2) is 32.5 Å². The maximum Gasteiger partial charge on any atom is 0.407 e. The highest BCUT2D eigenvalue weighted by Crippen LogP contribution is 2.26. The van der Waals surface area contributed by atoms with E-state index in [0.29, 0.717) is 24.7 Å². The number of alkyl carbamates (subject to hydrolysis) is 1. The molecule has 1 amide bonds. The van der Waals surface area contributed by atoms with Crippen molar-refractivity contribution in [3.8, 4) is 11.5 Å². The summed E-state index contributed by atoms with van der Waals surface area (Å²) in [7, 11) is 1.58. The monoisotopic (exact) mass is 291 g/mol. The number of para-hydroxylation sites is 2. The Morgan fingerprint density at radius 1 is 1.24 bits per heavy atom. The van der Waals surface area contributed by atoms with Gasteiger partial charge in [-0.2, -0.15) is 0 Å². The molecule has 5 nitrogen and oxygen atoms in total. The minimum absolute atomic E-state index is 0.239. The smallest absolute Gasteiger partial charge is 0.407 e. The van der Waals surface area contributed by atoms with E-state index >= 15 is 0 Å². The van der Waals surface area contributed by atoms with Crippen molar-refractivity contribution in [2.75, 3.05) is 20.3 Å². The van der Waals surface area contributed by atoms with E-state index in [1.807, 2.05) is 24.3 Å². The fourth-order valence-electron chi connectivity index (χ4n) is 2.03. The van der Waals surface area contributed by atoms with Crippen LogP contribution in [0.1, 0.15) is 19.3 Å². The molecule has 0 saturated carbocycles. The summed E-state index contributed by atoms with van der Waals surface area (Å²) >= 11 is 0. The molecule has 2 aliphatic rings. The van der Waals surface area contributed by atoms with Crippen molar-refractivity contribution in [2.45, 2.75) is 25.4 Å². The lowest BCUT2D eigenvalue weighted by atomic mass is 10.3. The molecule has 1 aromatic rings. The highest BCUT2D eigenvalue weighted by atomic mass is 16.6. The fourth-order valence-corrected chi connectivity index (χ4v) is 2.03. The minimum atomic E-state index is -0.395. The van der Waals surface area contributed by atoms with Crippen LogP contribution in [0.2, 0.25) is 0 Å². The molecule has 1 fully saturated rings. The van der Waals surface area contributed by atoms with Crippen molar-refractivity contribution < 1.29 is 19.0 Å².